The van der Waals surface area contributed by atoms with E-state index in [1.54, 1.807) is 0 Å². The molecule has 0 radical (unpaired) electrons. The van der Waals surface area contributed by atoms with Crippen molar-refractivity contribution in [1.82, 2.24) is 5.32 Å². The summed E-state index contributed by atoms with van der Waals surface area (Å²) in [5, 5.41) is 3.65. The van der Waals surface area contributed by atoms with Gasteiger partial charge in [-0.2, -0.15) is 0 Å². The van der Waals surface area contributed by atoms with Gasteiger partial charge in [-0.1, -0.05) is 60.8 Å². The molecule has 94 valence electrons. The highest BCUT2D eigenvalue weighted by molar-refractivity contribution is 4.84. The second-order valence-electron chi connectivity index (χ2n) is 3.97. The van der Waals surface area contributed by atoms with Gasteiger partial charge in [-0.05, 0) is 25.8 Å². The number of rotatable bonds is 8. The van der Waals surface area contributed by atoms with Crippen molar-refractivity contribution >= 4 is 0 Å². The van der Waals surface area contributed by atoms with Gasteiger partial charge in [0.15, 0.2) is 0 Å². The predicted octanol–water partition coefficient (Wildman–Crippen LogP) is 4.76. The van der Waals surface area contributed by atoms with Crippen molar-refractivity contribution in [1.29, 1.82) is 0 Å². The lowest BCUT2D eigenvalue weighted by molar-refractivity contribution is 0.277. The van der Waals surface area contributed by atoms with Crippen LogP contribution in [0, 0.1) is 0 Å². The van der Waals surface area contributed by atoms with E-state index in [0.29, 0.717) is 5.54 Å². The minimum absolute atomic E-state index is 0.434. The first-order valence-corrected chi connectivity index (χ1v) is 6.99. The highest BCUT2D eigenvalue weighted by Crippen LogP contribution is 2.22. The number of nitrogens with one attached hydrogen (secondary N) is 1. The molecule has 15 heavy (non-hydrogen) atoms. The average Bonchev–Trinajstić information content (AvgIpc) is 2.31. The molecule has 0 saturated carbocycles. The van der Waals surface area contributed by atoms with Gasteiger partial charge in [0.05, 0.1) is 0 Å². The zero-order chi connectivity index (χ0) is 12.2. The maximum absolute atomic E-state index is 3.65. The standard InChI is InChI=1S/C12H27N.C2H6/c1-5-9-10-11-12(6-2,7-3)13-8-4;1-2/h13H,5-11H2,1-4H3;1-2H3. The Kier molecular flexibility index (Phi) is 13.9. The second kappa shape index (κ2) is 12.0. The van der Waals surface area contributed by atoms with Gasteiger partial charge < -0.3 is 5.32 Å². The van der Waals surface area contributed by atoms with E-state index in [0.717, 1.165) is 6.54 Å². The SMILES string of the molecule is CC.CCCCCC(CC)(CC)NCC. The van der Waals surface area contributed by atoms with Gasteiger partial charge in [0.1, 0.15) is 0 Å². The molecule has 0 spiro atoms. The molecule has 1 heteroatoms. The van der Waals surface area contributed by atoms with Gasteiger partial charge in [-0.3, -0.25) is 0 Å². The van der Waals surface area contributed by atoms with Crippen molar-refractivity contribution in [2.24, 2.45) is 0 Å². The van der Waals surface area contributed by atoms with Crippen LogP contribution < -0.4 is 5.32 Å². The molecule has 0 heterocycles. The van der Waals surface area contributed by atoms with E-state index >= 15 is 0 Å². The van der Waals surface area contributed by atoms with Crippen molar-refractivity contribution < 1.29 is 0 Å². The Balaban J connectivity index is 0. The van der Waals surface area contributed by atoms with Crippen molar-refractivity contribution in [2.45, 2.75) is 85.6 Å². The van der Waals surface area contributed by atoms with E-state index in [1.165, 1.54) is 38.5 Å². The summed E-state index contributed by atoms with van der Waals surface area (Å²) in [6, 6.07) is 0. The molecule has 0 aromatic rings. The molecule has 0 amide bonds. The summed E-state index contributed by atoms with van der Waals surface area (Å²) in [5.41, 5.74) is 0.434. The summed E-state index contributed by atoms with van der Waals surface area (Å²) >= 11 is 0. The Morgan fingerprint density at radius 1 is 0.867 bits per heavy atom. The number of hydrogen-bond acceptors (Lipinski definition) is 1. The van der Waals surface area contributed by atoms with Gasteiger partial charge in [-0.25, -0.2) is 0 Å². The monoisotopic (exact) mass is 215 g/mol. The van der Waals surface area contributed by atoms with Crippen LogP contribution in [-0.2, 0) is 0 Å². The minimum atomic E-state index is 0.434. The Labute approximate surface area is 98.0 Å². The van der Waals surface area contributed by atoms with Gasteiger partial charge in [0, 0.05) is 5.54 Å². The third kappa shape index (κ3) is 7.84. The van der Waals surface area contributed by atoms with E-state index in [1.807, 2.05) is 13.8 Å². The van der Waals surface area contributed by atoms with Gasteiger partial charge >= 0.3 is 0 Å². The summed E-state index contributed by atoms with van der Waals surface area (Å²) in [4.78, 5) is 0. The fourth-order valence-corrected chi connectivity index (χ4v) is 2.03. The van der Waals surface area contributed by atoms with E-state index in [2.05, 4.69) is 33.0 Å². The lowest BCUT2D eigenvalue weighted by Gasteiger charge is -2.33. The molecule has 0 bridgehead atoms. The fraction of sp³-hybridized carbons (Fsp3) is 1.00. The lowest BCUT2D eigenvalue weighted by atomic mass is 9.87. The first-order chi connectivity index (χ1) is 7.24. The summed E-state index contributed by atoms with van der Waals surface area (Å²) < 4.78 is 0. The van der Waals surface area contributed by atoms with Crippen molar-refractivity contribution in [3.8, 4) is 0 Å². The maximum atomic E-state index is 3.65. The molecule has 0 fully saturated rings. The Morgan fingerprint density at radius 3 is 1.73 bits per heavy atom. The molecule has 0 aliphatic rings. The Hall–Kier alpha value is -0.0400. The lowest BCUT2D eigenvalue weighted by Crippen LogP contribution is -2.43. The average molecular weight is 215 g/mol. The molecule has 0 saturated heterocycles. The van der Waals surface area contributed by atoms with Crippen LogP contribution in [-0.4, -0.2) is 12.1 Å². The van der Waals surface area contributed by atoms with Gasteiger partial charge in [0.25, 0.3) is 0 Å². The van der Waals surface area contributed by atoms with Gasteiger partial charge in [0.2, 0.25) is 0 Å². The molecule has 0 atom stereocenters. The topological polar surface area (TPSA) is 12.0 Å². The molecule has 1 N–H and O–H groups in total. The van der Waals surface area contributed by atoms with Crippen molar-refractivity contribution in [3.05, 3.63) is 0 Å². The molecule has 0 rings (SSSR count). The fourth-order valence-electron chi connectivity index (χ4n) is 2.03. The number of hydrogen-bond donors (Lipinski definition) is 1. The van der Waals surface area contributed by atoms with Crippen LogP contribution in [0.25, 0.3) is 0 Å². The molecule has 0 unspecified atom stereocenters. The third-order valence-electron chi connectivity index (χ3n) is 3.16. The van der Waals surface area contributed by atoms with Crippen molar-refractivity contribution in [3.63, 3.8) is 0 Å². The van der Waals surface area contributed by atoms with E-state index in [9.17, 15) is 0 Å². The molecule has 1 nitrogen and oxygen atoms in total. The molecular weight excluding hydrogens is 182 g/mol. The largest absolute Gasteiger partial charge is 0.312 e. The first-order valence-electron chi connectivity index (χ1n) is 6.99. The van der Waals surface area contributed by atoms with Crippen LogP contribution in [0.15, 0.2) is 0 Å². The summed E-state index contributed by atoms with van der Waals surface area (Å²) in [6.07, 6.45) is 7.97. The van der Waals surface area contributed by atoms with Crippen LogP contribution in [0.2, 0.25) is 0 Å². The van der Waals surface area contributed by atoms with Crippen LogP contribution in [0.5, 0.6) is 0 Å². The Bertz CT molecular complexity index is 106. The van der Waals surface area contributed by atoms with E-state index in [-0.39, 0.29) is 0 Å². The molecule has 0 aliphatic carbocycles. The van der Waals surface area contributed by atoms with Crippen LogP contribution in [0.4, 0.5) is 0 Å². The maximum Gasteiger partial charge on any atom is 0.0176 e. The summed E-state index contributed by atoms with van der Waals surface area (Å²) in [5.74, 6) is 0. The van der Waals surface area contributed by atoms with E-state index in [4.69, 9.17) is 0 Å². The zero-order valence-electron chi connectivity index (χ0n) is 11.9. The normalized spacial score (nSPS) is 10.8. The highest BCUT2D eigenvalue weighted by Gasteiger charge is 2.23. The first kappa shape index (κ1) is 17.4. The third-order valence-corrected chi connectivity index (χ3v) is 3.16. The van der Waals surface area contributed by atoms with E-state index < -0.39 is 0 Å². The zero-order valence-corrected chi connectivity index (χ0v) is 11.9. The molecular formula is C14H33N. The van der Waals surface area contributed by atoms with Gasteiger partial charge in [-0.15, -0.1) is 0 Å². The van der Waals surface area contributed by atoms with Crippen molar-refractivity contribution in [2.75, 3.05) is 6.54 Å². The second-order valence-corrected chi connectivity index (χ2v) is 3.97. The molecule has 0 aromatic heterocycles. The summed E-state index contributed by atoms with van der Waals surface area (Å²) in [7, 11) is 0. The quantitative estimate of drug-likeness (QED) is 0.576. The van der Waals surface area contributed by atoms with Crippen LogP contribution >= 0.6 is 0 Å². The number of unbranched alkanes of at least 4 members (excludes halogenated alkanes) is 2. The Morgan fingerprint density at radius 2 is 1.40 bits per heavy atom. The van der Waals surface area contributed by atoms with Crippen LogP contribution in [0.1, 0.15) is 80.1 Å². The minimum Gasteiger partial charge on any atom is -0.312 e. The molecule has 0 aromatic carbocycles. The summed E-state index contributed by atoms with van der Waals surface area (Å²) in [6.45, 7) is 14.2. The predicted molar refractivity (Wildman–Crippen MR) is 72.5 cm³/mol. The van der Waals surface area contributed by atoms with Crippen LogP contribution in [0.3, 0.4) is 0 Å². The molecule has 0 aliphatic heterocycles. The smallest absolute Gasteiger partial charge is 0.0176 e. The highest BCUT2D eigenvalue weighted by atomic mass is 15.0.